The van der Waals surface area contributed by atoms with Crippen LogP contribution in [0.25, 0.3) is 0 Å². The van der Waals surface area contributed by atoms with Crippen molar-refractivity contribution in [3.63, 3.8) is 0 Å². The molecule has 1 unspecified atom stereocenters. The molecule has 16 heavy (non-hydrogen) atoms. The van der Waals surface area contributed by atoms with Gasteiger partial charge in [-0.3, -0.25) is 4.79 Å². The largest absolute Gasteiger partial charge is 0.481 e. The van der Waals surface area contributed by atoms with Gasteiger partial charge >= 0.3 is 5.97 Å². The van der Waals surface area contributed by atoms with Crippen LogP contribution in [0.1, 0.15) is 32.6 Å². The number of nitrogens with one attached hydrogen (secondary N) is 1. The van der Waals surface area contributed by atoms with Gasteiger partial charge in [0, 0.05) is 13.0 Å². The first-order valence-corrected chi connectivity index (χ1v) is 6.54. The van der Waals surface area contributed by atoms with Crippen molar-refractivity contribution in [1.82, 2.24) is 4.72 Å². The van der Waals surface area contributed by atoms with Gasteiger partial charge in [-0.05, 0) is 19.8 Å². The van der Waals surface area contributed by atoms with Crippen molar-refractivity contribution in [2.45, 2.75) is 37.9 Å². The molecule has 0 aliphatic carbocycles. The van der Waals surface area contributed by atoms with Gasteiger partial charge in [0.05, 0.1) is 6.07 Å². The number of unbranched alkanes of at least 4 members (excludes halogenated alkanes) is 2. The number of sulfonamides is 1. The van der Waals surface area contributed by atoms with Crippen LogP contribution in [0.15, 0.2) is 0 Å². The van der Waals surface area contributed by atoms with Crippen LogP contribution in [-0.2, 0) is 14.8 Å². The van der Waals surface area contributed by atoms with Crippen molar-refractivity contribution in [1.29, 1.82) is 5.26 Å². The number of hydrogen-bond donors (Lipinski definition) is 2. The zero-order valence-corrected chi connectivity index (χ0v) is 9.96. The Morgan fingerprint density at radius 3 is 2.56 bits per heavy atom. The van der Waals surface area contributed by atoms with E-state index in [1.165, 1.54) is 6.92 Å². The van der Waals surface area contributed by atoms with Crippen LogP contribution in [0.4, 0.5) is 0 Å². The van der Waals surface area contributed by atoms with E-state index in [0.717, 1.165) is 0 Å². The van der Waals surface area contributed by atoms with Gasteiger partial charge < -0.3 is 5.11 Å². The molecular weight excluding hydrogens is 232 g/mol. The zero-order valence-electron chi connectivity index (χ0n) is 9.14. The van der Waals surface area contributed by atoms with E-state index >= 15 is 0 Å². The third-order valence-corrected chi connectivity index (χ3v) is 3.66. The summed E-state index contributed by atoms with van der Waals surface area (Å²) in [5, 5.41) is 15.7. The Labute approximate surface area is 95.3 Å². The van der Waals surface area contributed by atoms with Gasteiger partial charge in [0.25, 0.3) is 0 Å². The maximum atomic E-state index is 11.3. The van der Waals surface area contributed by atoms with Crippen molar-refractivity contribution in [3.05, 3.63) is 0 Å². The second-order valence-corrected chi connectivity index (χ2v) is 5.50. The summed E-state index contributed by atoms with van der Waals surface area (Å²) in [5.74, 6) is -0.848. The number of aliphatic carboxylic acids is 1. The number of rotatable bonds is 8. The third kappa shape index (κ3) is 6.37. The zero-order chi connectivity index (χ0) is 12.6. The summed E-state index contributed by atoms with van der Waals surface area (Å²) in [4.78, 5) is 10.2. The van der Waals surface area contributed by atoms with Gasteiger partial charge in [0.15, 0.2) is 5.25 Å². The lowest BCUT2D eigenvalue weighted by atomic mass is 10.2. The van der Waals surface area contributed by atoms with E-state index in [4.69, 9.17) is 10.4 Å². The van der Waals surface area contributed by atoms with Crippen LogP contribution in [-0.4, -0.2) is 31.3 Å². The van der Waals surface area contributed by atoms with E-state index in [2.05, 4.69) is 4.72 Å². The maximum absolute atomic E-state index is 11.3. The first-order valence-electron chi connectivity index (χ1n) is 5.00. The summed E-state index contributed by atoms with van der Waals surface area (Å²) in [6.07, 6.45) is 1.85. The Hall–Kier alpha value is -1.13. The smallest absolute Gasteiger partial charge is 0.303 e. The highest BCUT2D eigenvalue weighted by molar-refractivity contribution is 7.90. The highest BCUT2D eigenvalue weighted by Gasteiger charge is 2.18. The predicted octanol–water partition coefficient (Wildman–Crippen LogP) is 0.463. The second kappa shape index (κ2) is 7.19. The molecule has 0 aliphatic rings. The Morgan fingerprint density at radius 1 is 1.44 bits per heavy atom. The van der Waals surface area contributed by atoms with Crippen LogP contribution in [0, 0.1) is 11.3 Å². The number of nitrogens with zero attached hydrogens (tertiary/aromatic N) is 1. The molecule has 0 saturated heterocycles. The van der Waals surface area contributed by atoms with Crippen molar-refractivity contribution in [2.24, 2.45) is 0 Å². The minimum absolute atomic E-state index is 0.0986. The van der Waals surface area contributed by atoms with Gasteiger partial charge in [-0.2, -0.15) is 5.26 Å². The first kappa shape index (κ1) is 14.9. The monoisotopic (exact) mass is 248 g/mol. The molecule has 0 heterocycles. The van der Waals surface area contributed by atoms with Crippen molar-refractivity contribution in [2.75, 3.05) is 6.54 Å². The predicted molar refractivity (Wildman–Crippen MR) is 58.1 cm³/mol. The Kier molecular flexibility index (Phi) is 6.69. The normalized spacial score (nSPS) is 13.0. The summed E-state index contributed by atoms with van der Waals surface area (Å²) < 4.78 is 24.8. The van der Waals surface area contributed by atoms with Crippen LogP contribution in [0.5, 0.6) is 0 Å². The lowest BCUT2D eigenvalue weighted by Gasteiger charge is -2.07. The lowest BCUT2D eigenvalue weighted by molar-refractivity contribution is -0.137. The molecule has 0 spiro atoms. The summed E-state index contributed by atoms with van der Waals surface area (Å²) in [7, 11) is -3.54. The Balaban J connectivity index is 3.68. The van der Waals surface area contributed by atoms with Gasteiger partial charge in [-0.15, -0.1) is 0 Å². The maximum Gasteiger partial charge on any atom is 0.303 e. The molecule has 0 radical (unpaired) electrons. The molecule has 0 fully saturated rings. The molecule has 0 rings (SSSR count). The highest BCUT2D eigenvalue weighted by atomic mass is 32.2. The number of carboxylic acids is 1. The van der Waals surface area contributed by atoms with Crippen molar-refractivity contribution >= 4 is 16.0 Å². The number of nitriles is 1. The molecule has 6 nitrogen and oxygen atoms in total. The quantitative estimate of drug-likeness (QED) is 0.607. The van der Waals surface area contributed by atoms with Crippen molar-refractivity contribution < 1.29 is 18.3 Å². The van der Waals surface area contributed by atoms with Gasteiger partial charge in [-0.25, -0.2) is 13.1 Å². The van der Waals surface area contributed by atoms with E-state index < -0.39 is 21.2 Å². The second-order valence-electron chi connectivity index (χ2n) is 3.42. The van der Waals surface area contributed by atoms with Crippen LogP contribution in [0.2, 0.25) is 0 Å². The van der Waals surface area contributed by atoms with E-state index in [1.54, 1.807) is 6.07 Å². The minimum Gasteiger partial charge on any atom is -0.481 e. The molecule has 0 aromatic carbocycles. The molecule has 92 valence electrons. The molecule has 2 N–H and O–H groups in total. The molecule has 7 heteroatoms. The van der Waals surface area contributed by atoms with E-state index in [1.807, 2.05) is 0 Å². The van der Waals surface area contributed by atoms with Gasteiger partial charge in [0.2, 0.25) is 10.0 Å². The summed E-state index contributed by atoms with van der Waals surface area (Å²) in [5.41, 5.74) is 0. The third-order valence-electron chi connectivity index (χ3n) is 2.02. The van der Waals surface area contributed by atoms with Crippen LogP contribution in [0.3, 0.4) is 0 Å². The van der Waals surface area contributed by atoms with E-state index in [0.29, 0.717) is 19.3 Å². The average molecular weight is 248 g/mol. The number of carboxylic acid groups (broad SMARTS) is 1. The molecule has 0 saturated carbocycles. The minimum atomic E-state index is -3.54. The number of hydrogen-bond acceptors (Lipinski definition) is 4. The Bertz CT molecular complexity index is 358. The molecule has 0 aliphatic heterocycles. The SMILES string of the molecule is CC(C#N)S(=O)(=O)NCCCCCC(=O)O. The topological polar surface area (TPSA) is 107 Å². The summed E-state index contributed by atoms with van der Waals surface area (Å²) >= 11 is 0. The lowest BCUT2D eigenvalue weighted by Crippen LogP contribution is -2.32. The van der Waals surface area contributed by atoms with Crippen LogP contribution >= 0.6 is 0 Å². The van der Waals surface area contributed by atoms with Crippen molar-refractivity contribution in [3.8, 4) is 6.07 Å². The standard InChI is InChI=1S/C9H16N2O4S/c1-8(7-10)16(14,15)11-6-4-2-3-5-9(12)13/h8,11H,2-6H2,1H3,(H,12,13). The first-order chi connectivity index (χ1) is 7.40. The summed E-state index contributed by atoms with van der Waals surface area (Å²) in [6, 6.07) is 1.64. The molecule has 0 aromatic heterocycles. The Morgan fingerprint density at radius 2 is 2.06 bits per heavy atom. The molecule has 1 atom stereocenters. The van der Waals surface area contributed by atoms with E-state index in [9.17, 15) is 13.2 Å². The molecular formula is C9H16N2O4S. The van der Waals surface area contributed by atoms with E-state index in [-0.39, 0.29) is 13.0 Å². The fraction of sp³-hybridized carbons (Fsp3) is 0.778. The number of carbonyl (C=O) groups is 1. The average Bonchev–Trinajstić information content (AvgIpc) is 2.21. The summed E-state index contributed by atoms with van der Waals surface area (Å²) in [6.45, 7) is 1.56. The fourth-order valence-corrected chi connectivity index (χ4v) is 1.80. The van der Waals surface area contributed by atoms with Gasteiger partial charge in [0.1, 0.15) is 0 Å². The fourth-order valence-electron chi connectivity index (χ4n) is 0.987. The highest BCUT2D eigenvalue weighted by Crippen LogP contribution is 2.01. The van der Waals surface area contributed by atoms with Gasteiger partial charge in [-0.1, -0.05) is 6.42 Å². The molecule has 0 aromatic rings. The molecule has 0 bridgehead atoms. The molecule has 0 amide bonds. The van der Waals surface area contributed by atoms with Crippen LogP contribution < -0.4 is 4.72 Å².